The molecule has 1 aliphatic carbocycles. The van der Waals surface area contributed by atoms with Crippen LogP contribution in [0.5, 0.6) is 0 Å². The van der Waals surface area contributed by atoms with Crippen molar-refractivity contribution in [2.75, 3.05) is 10.6 Å². The van der Waals surface area contributed by atoms with Crippen LogP contribution in [-0.4, -0.2) is 0 Å². The standard InChI is InChI=1S/C26H30N2/c1-19-11-15-22(16-12-19)27-25-10-6-9-24(21-7-4-3-5-8-21)26(25)28-23-17-13-20(2)14-18-23/h6,9-18,21,27-28H,3-5,7-8H2,1-2H3. The monoisotopic (exact) mass is 370 g/mol. The summed E-state index contributed by atoms with van der Waals surface area (Å²) in [7, 11) is 0. The number of aryl methyl sites for hydroxylation is 2. The molecule has 2 heteroatoms. The third-order valence-corrected chi connectivity index (χ3v) is 5.79. The van der Waals surface area contributed by atoms with E-state index in [9.17, 15) is 0 Å². The van der Waals surface area contributed by atoms with E-state index >= 15 is 0 Å². The zero-order valence-electron chi connectivity index (χ0n) is 17.0. The Morgan fingerprint density at radius 3 is 1.82 bits per heavy atom. The summed E-state index contributed by atoms with van der Waals surface area (Å²) in [6.07, 6.45) is 6.63. The molecule has 28 heavy (non-hydrogen) atoms. The van der Waals surface area contributed by atoms with E-state index in [0.29, 0.717) is 5.92 Å². The van der Waals surface area contributed by atoms with E-state index in [1.54, 1.807) is 0 Å². The molecule has 0 spiro atoms. The SMILES string of the molecule is Cc1ccc(Nc2cccc(C3CCCCC3)c2Nc2ccc(C)cc2)cc1. The first kappa shape index (κ1) is 18.6. The second-order valence-electron chi connectivity index (χ2n) is 8.09. The third-order valence-electron chi connectivity index (χ3n) is 5.79. The lowest BCUT2D eigenvalue weighted by molar-refractivity contribution is 0.444. The highest BCUT2D eigenvalue weighted by Crippen LogP contribution is 2.41. The highest BCUT2D eigenvalue weighted by atomic mass is 15.0. The van der Waals surface area contributed by atoms with Crippen LogP contribution in [0.25, 0.3) is 0 Å². The molecule has 0 bridgehead atoms. The summed E-state index contributed by atoms with van der Waals surface area (Å²) in [5.41, 5.74) is 8.63. The van der Waals surface area contributed by atoms with Gasteiger partial charge in [-0.1, -0.05) is 66.8 Å². The van der Waals surface area contributed by atoms with Gasteiger partial charge in [-0.25, -0.2) is 0 Å². The lowest BCUT2D eigenvalue weighted by atomic mass is 9.83. The fourth-order valence-corrected chi connectivity index (χ4v) is 4.14. The molecule has 2 N–H and O–H groups in total. The number of anilines is 4. The van der Waals surface area contributed by atoms with Gasteiger partial charge >= 0.3 is 0 Å². The molecule has 2 nitrogen and oxygen atoms in total. The van der Waals surface area contributed by atoms with Crippen LogP contribution in [0.3, 0.4) is 0 Å². The Labute approximate surface area is 169 Å². The zero-order chi connectivity index (χ0) is 19.3. The van der Waals surface area contributed by atoms with Crippen molar-refractivity contribution in [3.05, 3.63) is 83.4 Å². The molecule has 0 aromatic heterocycles. The lowest BCUT2D eigenvalue weighted by Crippen LogP contribution is -2.09. The molecule has 0 amide bonds. The van der Waals surface area contributed by atoms with Crippen molar-refractivity contribution in [1.29, 1.82) is 0 Å². The van der Waals surface area contributed by atoms with E-state index in [0.717, 1.165) is 17.1 Å². The van der Waals surface area contributed by atoms with Crippen LogP contribution in [0.4, 0.5) is 22.7 Å². The lowest BCUT2D eigenvalue weighted by Gasteiger charge is -2.26. The topological polar surface area (TPSA) is 24.1 Å². The van der Waals surface area contributed by atoms with Gasteiger partial charge in [0.1, 0.15) is 0 Å². The highest BCUT2D eigenvalue weighted by Gasteiger charge is 2.20. The van der Waals surface area contributed by atoms with Crippen molar-refractivity contribution >= 4 is 22.7 Å². The van der Waals surface area contributed by atoms with E-state index in [1.807, 2.05) is 0 Å². The van der Waals surface area contributed by atoms with E-state index in [2.05, 4.69) is 91.2 Å². The normalized spacial score (nSPS) is 14.6. The molecule has 1 saturated carbocycles. The molecule has 0 unspecified atom stereocenters. The maximum Gasteiger partial charge on any atom is 0.0658 e. The molecule has 0 heterocycles. The van der Waals surface area contributed by atoms with Crippen LogP contribution in [0.2, 0.25) is 0 Å². The van der Waals surface area contributed by atoms with Crippen molar-refractivity contribution in [3.8, 4) is 0 Å². The summed E-state index contributed by atoms with van der Waals surface area (Å²) in [5, 5.41) is 7.38. The first-order valence-electron chi connectivity index (χ1n) is 10.5. The quantitative estimate of drug-likeness (QED) is 0.478. The van der Waals surface area contributed by atoms with Gasteiger partial charge in [0.25, 0.3) is 0 Å². The van der Waals surface area contributed by atoms with Gasteiger partial charge < -0.3 is 10.6 Å². The largest absolute Gasteiger partial charge is 0.354 e. The van der Waals surface area contributed by atoms with Gasteiger partial charge in [-0.3, -0.25) is 0 Å². The molecule has 3 aromatic rings. The molecule has 0 atom stereocenters. The number of rotatable bonds is 5. The fourth-order valence-electron chi connectivity index (χ4n) is 4.14. The first-order valence-corrected chi connectivity index (χ1v) is 10.5. The molecule has 0 radical (unpaired) electrons. The average Bonchev–Trinajstić information content (AvgIpc) is 2.73. The number of hydrogen-bond donors (Lipinski definition) is 2. The predicted molar refractivity (Wildman–Crippen MR) is 121 cm³/mol. The van der Waals surface area contributed by atoms with Gasteiger partial charge in [-0.15, -0.1) is 0 Å². The maximum atomic E-state index is 3.73. The molecular weight excluding hydrogens is 340 g/mol. The Morgan fingerprint density at radius 2 is 1.21 bits per heavy atom. The number of para-hydroxylation sites is 1. The van der Waals surface area contributed by atoms with Crippen LogP contribution in [-0.2, 0) is 0 Å². The minimum absolute atomic E-state index is 0.640. The molecule has 0 aliphatic heterocycles. The van der Waals surface area contributed by atoms with Gasteiger partial charge in [-0.05, 0) is 68.5 Å². The molecule has 3 aromatic carbocycles. The summed E-state index contributed by atoms with van der Waals surface area (Å²) >= 11 is 0. The van der Waals surface area contributed by atoms with E-state index in [1.165, 1.54) is 54.5 Å². The zero-order valence-corrected chi connectivity index (χ0v) is 17.0. The van der Waals surface area contributed by atoms with E-state index in [-0.39, 0.29) is 0 Å². The van der Waals surface area contributed by atoms with Gasteiger partial charge in [0.15, 0.2) is 0 Å². The van der Waals surface area contributed by atoms with Gasteiger partial charge in [0, 0.05) is 11.4 Å². The second kappa shape index (κ2) is 8.52. The van der Waals surface area contributed by atoms with E-state index in [4.69, 9.17) is 0 Å². The molecule has 1 aliphatic rings. The Hall–Kier alpha value is -2.74. The van der Waals surface area contributed by atoms with Crippen LogP contribution < -0.4 is 10.6 Å². The van der Waals surface area contributed by atoms with Crippen molar-refractivity contribution < 1.29 is 0 Å². The average molecular weight is 371 g/mol. The predicted octanol–water partition coefficient (Wildman–Crippen LogP) is 7.84. The van der Waals surface area contributed by atoms with Gasteiger partial charge in [-0.2, -0.15) is 0 Å². The number of benzene rings is 3. The summed E-state index contributed by atoms with van der Waals surface area (Å²) < 4.78 is 0. The summed E-state index contributed by atoms with van der Waals surface area (Å²) in [6, 6.07) is 24.0. The van der Waals surface area contributed by atoms with Crippen LogP contribution in [0.15, 0.2) is 66.7 Å². The summed E-state index contributed by atoms with van der Waals surface area (Å²) in [6.45, 7) is 4.25. The number of nitrogens with one attached hydrogen (secondary N) is 2. The van der Waals surface area contributed by atoms with Crippen molar-refractivity contribution in [3.63, 3.8) is 0 Å². The summed E-state index contributed by atoms with van der Waals surface area (Å²) in [4.78, 5) is 0. The minimum atomic E-state index is 0.640. The van der Waals surface area contributed by atoms with Gasteiger partial charge in [0.2, 0.25) is 0 Å². The maximum absolute atomic E-state index is 3.73. The van der Waals surface area contributed by atoms with Crippen molar-refractivity contribution in [1.82, 2.24) is 0 Å². The third kappa shape index (κ3) is 4.39. The first-order chi connectivity index (χ1) is 13.7. The minimum Gasteiger partial charge on any atom is -0.354 e. The van der Waals surface area contributed by atoms with Crippen molar-refractivity contribution in [2.45, 2.75) is 51.9 Å². The Bertz CT molecular complexity index is 904. The number of hydrogen-bond acceptors (Lipinski definition) is 2. The molecule has 4 rings (SSSR count). The van der Waals surface area contributed by atoms with E-state index < -0.39 is 0 Å². The molecular formula is C26H30N2. The van der Waals surface area contributed by atoms with Crippen LogP contribution in [0, 0.1) is 13.8 Å². The summed E-state index contributed by atoms with van der Waals surface area (Å²) in [5.74, 6) is 0.640. The second-order valence-corrected chi connectivity index (χ2v) is 8.09. The Kier molecular flexibility index (Phi) is 5.66. The molecule has 0 saturated heterocycles. The Balaban J connectivity index is 1.71. The van der Waals surface area contributed by atoms with Crippen LogP contribution >= 0.6 is 0 Å². The van der Waals surface area contributed by atoms with Gasteiger partial charge in [0.05, 0.1) is 11.4 Å². The Morgan fingerprint density at radius 1 is 0.643 bits per heavy atom. The fraction of sp³-hybridized carbons (Fsp3) is 0.308. The molecule has 1 fully saturated rings. The smallest absolute Gasteiger partial charge is 0.0658 e. The van der Waals surface area contributed by atoms with Crippen molar-refractivity contribution in [2.24, 2.45) is 0 Å². The molecule has 144 valence electrons. The highest BCUT2D eigenvalue weighted by molar-refractivity contribution is 5.81. The van der Waals surface area contributed by atoms with Crippen LogP contribution in [0.1, 0.15) is 54.7 Å².